The Morgan fingerprint density at radius 3 is 3.11 bits per heavy atom. The Labute approximate surface area is 103 Å². The first kappa shape index (κ1) is 12.7. The van der Waals surface area contributed by atoms with Gasteiger partial charge in [0.2, 0.25) is 0 Å². The number of nitro benzene ring substituents is 1. The first-order valence-electron chi connectivity index (χ1n) is 5.56. The van der Waals surface area contributed by atoms with Crippen LogP contribution in [-0.4, -0.2) is 24.7 Å². The third-order valence-electron chi connectivity index (χ3n) is 2.68. The maximum atomic E-state index is 12.9. The first-order valence-corrected chi connectivity index (χ1v) is 5.56. The molecule has 1 aliphatic rings. The molecule has 98 valence electrons. The highest BCUT2D eigenvalue weighted by molar-refractivity contribution is 5.60. The van der Waals surface area contributed by atoms with Crippen LogP contribution in [0.4, 0.5) is 15.8 Å². The van der Waals surface area contributed by atoms with Crippen molar-refractivity contribution < 1.29 is 18.9 Å². The second-order valence-electron chi connectivity index (χ2n) is 4.06. The lowest BCUT2D eigenvalue weighted by Gasteiger charge is -2.10. The lowest BCUT2D eigenvalue weighted by molar-refractivity contribution is -0.384. The Kier molecular flexibility index (Phi) is 4.06. The highest BCUT2D eigenvalue weighted by Crippen LogP contribution is 2.25. The number of halogens is 1. The average Bonchev–Trinajstić information content (AvgIpc) is 2.84. The van der Waals surface area contributed by atoms with Crippen molar-refractivity contribution in [3.63, 3.8) is 0 Å². The molecule has 0 radical (unpaired) electrons. The van der Waals surface area contributed by atoms with Crippen LogP contribution in [0, 0.1) is 21.8 Å². The van der Waals surface area contributed by atoms with Gasteiger partial charge in [-0.3, -0.25) is 20.4 Å². The molecule has 0 saturated carbocycles. The molecule has 1 heterocycles. The fourth-order valence-corrected chi connectivity index (χ4v) is 1.69. The van der Waals surface area contributed by atoms with Crippen molar-refractivity contribution in [2.24, 2.45) is 5.92 Å². The zero-order chi connectivity index (χ0) is 13.0. The van der Waals surface area contributed by atoms with Crippen molar-refractivity contribution in [1.82, 2.24) is 0 Å². The Hall–Kier alpha value is -1.73. The van der Waals surface area contributed by atoms with Gasteiger partial charge >= 0.3 is 0 Å². The number of benzene rings is 1. The summed E-state index contributed by atoms with van der Waals surface area (Å²) in [6.07, 6.45) is 0.910. The fourth-order valence-electron chi connectivity index (χ4n) is 1.69. The molecule has 1 fully saturated rings. The summed E-state index contributed by atoms with van der Waals surface area (Å²) in [7, 11) is 0. The SMILES string of the molecule is O=[N+]([O-])c1cc(F)ccc1NOCC1CCOC1. The van der Waals surface area contributed by atoms with Crippen LogP contribution < -0.4 is 5.48 Å². The van der Waals surface area contributed by atoms with Crippen molar-refractivity contribution >= 4 is 11.4 Å². The number of ether oxygens (including phenoxy) is 1. The quantitative estimate of drug-likeness (QED) is 0.645. The summed E-state index contributed by atoms with van der Waals surface area (Å²) in [4.78, 5) is 15.2. The van der Waals surface area contributed by atoms with E-state index in [1.54, 1.807) is 0 Å². The Morgan fingerprint density at radius 2 is 2.44 bits per heavy atom. The molecule has 7 heteroatoms. The van der Waals surface area contributed by atoms with E-state index < -0.39 is 10.7 Å². The van der Waals surface area contributed by atoms with E-state index in [0.717, 1.165) is 18.6 Å². The van der Waals surface area contributed by atoms with Gasteiger partial charge < -0.3 is 4.74 Å². The molecule has 0 amide bonds. The van der Waals surface area contributed by atoms with Gasteiger partial charge in [-0.2, -0.15) is 0 Å². The molecule has 0 aliphatic carbocycles. The first-order chi connectivity index (χ1) is 8.66. The zero-order valence-electron chi connectivity index (χ0n) is 9.60. The van der Waals surface area contributed by atoms with Crippen LogP contribution in [0.3, 0.4) is 0 Å². The number of nitrogens with zero attached hydrogens (tertiary/aromatic N) is 1. The summed E-state index contributed by atoms with van der Waals surface area (Å²) >= 11 is 0. The molecule has 0 spiro atoms. The minimum absolute atomic E-state index is 0.139. The summed E-state index contributed by atoms with van der Waals surface area (Å²) in [5.74, 6) is -0.367. The smallest absolute Gasteiger partial charge is 0.297 e. The number of rotatable bonds is 5. The van der Waals surface area contributed by atoms with Gasteiger partial charge in [-0.15, -0.1) is 0 Å². The highest BCUT2D eigenvalue weighted by Gasteiger charge is 2.18. The molecule has 1 aliphatic heterocycles. The topological polar surface area (TPSA) is 73.6 Å². The maximum Gasteiger partial charge on any atom is 0.297 e. The Balaban J connectivity index is 1.93. The molecule has 1 unspecified atom stereocenters. The van der Waals surface area contributed by atoms with Crippen molar-refractivity contribution in [1.29, 1.82) is 0 Å². The van der Waals surface area contributed by atoms with Crippen molar-refractivity contribution in [2.45, 2.75) is 6.42 Å². The molecular weight excluding hydrogens is 243 g/mol. The second kappa shape index (κ2) is 5.74. The molecule has 18 heavy (non-hydrogen) atoms. The summed E-state index contributed by atoms with van der Waals surface area (Å²) in [5.41, 5.74) is 2.27. The van der Waals surface area contributed by atoms with E-state index in [0.29, 0.717) is 19.8 Å². The largest absolute Gasteiger partial charge is 0.381 e. The van der Waals surface area contributed by atoms with Gasteiger partial charge in [0.05, 0.1) is 24.2 Å². The van der Waals surface area contributed by atoms with Gasteiger partial charge in [-0.05, 0) is 18.6 Å². The van der Waals surface area contributed by atoms with Gasteiger partial charge in [0.25, 0.3) is 5.69 Å². The van der Waals surface area contributed by atoms with Crippen molar-refractivity contribution in [3.05, 3.63) is 34.1 Å². The summed E-state index contributed by atoms with van der Waals surface area (Å²) in [6, 6.07) is 3.26. The second-order valence-corrected chi connectivity index (χ2v) is 4.06. The van der Waals surface area contributed by atoms with Crippen molar-refractivity contribution in [2.75, 3.05) is 25.3 Å². The third-order valence-corrected chi connectivity index (χ3v) is 2.68. The third kappa shape index (κ3) is 3.14. The zero-order valence-corrected chi connectivity index (χ0v) is 9.60. The molecule has 0 aromatic heterocycles. The van der Waals surface area contributed by atoms with E-state index in [1.807, 2.05) is 0 Å². The standard InChI is InChI=1S/C11H13FN2O4/c12-9-1-2-10(11(5-9)14(15)16)13-18-7-8-3-4-17-6-8/h1-2,5,8,13H,3-4,6-7H2. The Bertz CT molecular complexity index is 435. The average molecular weight is 256 g/mol. The van der Waals surface area contributed by atoms with E-state index in [1.165, 1.54) is 6.07 Å². The molecule has 1 atom stereocenters. The molecule has 6 nitrogen and oxygen atoms in total. The fraction of sp³-hybridized carbons (Fsp3) is 0.455. The predicted octanol–water partition coefficient (Wildman–Crippen LogP) is 2.11. The van der Waals surface area contributed by atoms with Gasteiger partial charge in [0.15, 0.2) is 0 Å². The van der Waals surface area contributed by atoms with Gasteiger partial charge in [-0.1, -0.05) is 0 Å². The lowest BCUT2D eigenvalue weighted by atomic mass is 10.1. The molecule has 2 rings (SSSR count). The molecule has 1 saturated heterocycles. The van der Waals surface area contributed by atoms with Gasteiger partial charge in [-0.25, -0.2) is 4.39 Å². The number of nitrogens with one attached hydrogen (secondary N) is 1. The van der Waals surface area contributed by atoms with Crippen LogP contribution in [0.25, 0.3) is 0 Å². The predicted molar refractivity (Wildman–Crippen MR) is 61.6 cm³/mol. The lowest BCUT2D eigenvalue weighted by Crippen LogP contribution is -2.13. The van der Waals surface area contributed by atoms with Crippen LogP contribution in [0.15, 0.2) is 18.2 Å². The van der Waals surface area contributed by atoms with E-state index in [9.17, 15) is 14.5 Å². The Morgan fingerprint density at radius 1 is 1.61 bits per heavy atom. The van der Waals surface area contributed by atoms with Crippen molar-refractivity contribution in [3.8, 4) is 0 Å². The number of hydrogen-bond donors (Lipinski definition) is 1. The van der Waals surface area contributed by atoms with Gasteiger partial charge in [0.1, 0.15) is 11.5 Å². The van der Waals surface area contributed by atoms with Crippen LogP contribution in [0.2, 0.25) is 0 Å². The minimum Gasteiger partial charge on any atom is -0.381 e. The molecule has 0 bridgehead atoms. The van der Waals surface area contributed by atoms with Gasteiger partial charge in [0, 0.05) is 12.5 Å². The van der Waals surface area contributed by atoms with Crippen LogP contribution >= 0.6 is 0 Å². The van der Waals surface area contributed by atoms with E-state index in [4.69, 9.17) is 9.57 Å². The summed E-state index contributed by atoms with van der Waals surface area (Å²) in [6.45, 7) is 1.74. The van der Waals surface area contributed by atoms with Crippen LogP contribution in [0.1, 0.15) is 6.42 Å². The monoisotopic (exact) mass is 256 g/mol. The minimum atomic E-state index is -0.659. The molecule has 1 N–H and O–H groups in total. The van der Waals surface area contributed by atoms with E-state index in [2.05, 4.69) is 5.48 Å². The van der Waals surface area contributed by atoms with Crippen LogP contribution in [0.5, 0.6) is 0 Å². The van der Waals surface area contributed by atoms with Crippen LogP contribution in [-0.2, 0) is 9.57 Å². The summed E-state index contributed by atoms with van der Waals surface area (Å²) < 4.78 is 18.1. The number of nitro groups is 1. The number of anilines is 1. The van der Waals surface area contributed by atoms with E-state index in [-0.39, 0.29) is 17.3 Å². The summed E-state index contributed by atoms with van der Waals surface area (Å²) in [5, 5.41) is 10.7. The molecule has 1 aromatic carbocycles. The maximum absolute atomic E-state index is 12.9. The number of hydrogen-bond acceptors (Lipinski definition) is 5. The molecular formula is C11H13FN2O4. The highest BCUT2D eigenvalue weighted by atomic mass is 19.1. The molecule has 1 aromatic rings. The van der Waals surface area contributed by atoms with E-state index >= 15 is 0 Å². The normalized spacial score (nSPS) is 18.8.